The Morgan fingerprint density at radius 2 is 1.84 bits per heavy atom. The molecule has 0 radical (unpaired) electrons. The Hall–Kier alpha value is -2.04. The number of rotatable bonds is 4. The average Bonchev–Trinajstić information content (AvgIpc) is 2.33. The highest BCUT2D eigenvalue weighted by Crippen LogP contribution is 2.19. The van der Waals surface area contributed by atoms with E-state index in [-0.39, 0.29) is 6.61 Å². The van der Waals surface area contributed by atoms with Crippen molar-refractivity contribution in [3.05, 3.63) is 35.9 Å². The highest BCUT2D eigenvalue weighted by molar-refractivity contribution is 5.80. The maximum atomic E-state index is 11.6. The SMILES string of the molecule is CC(C)(C)[C@H](NC(=O)OCc1ccccc1)C(=O)[OH2+]. The summed E-state index contributed by atoms with van der Waals surface area (Å²) in [5.41, 5.74) is 0.340. The number of nitrogens with one attached hydrogen (secondary N) is 1. The summed E-state index contributed by atoms with van der Waals surface area (Å²) in [6.45, 7) is 5.47. The predicted molar refractivity (Wildman–Crippen MR) is 71.6 cm³/mol. The normalized spacial score (nSPS) is 12.6. The molecule has 1 rings (SSSR count). The predicted octanol–water partition coefficient (Wildman–Crippen LogP) is 1.58. The molecule has 0 aromatic heterocycles. The minimum atomic E-state index is -0.879. The van der Waals surface area contributed by atoms with Crippen LogP contribution in [-0.2, 0) is 16.1 Å². The molecule has 19 heavy (non-hydrogen) atoms. The fraction of sp³-hybridized carbons (Fsp3) is 0.429. The first kappa shape index (κ1) is 15.0. The third-order valence-corrected chi connectivity index (χ3v) is 2.60. The van der Waals surface area contributed by atoms with Gasteiger partial charge in [0.2, 0.25) is 0 Å². The lowest BCUT2D eigenvalue weighted by Crippen LogP contribution is -2.49. The lowest BCUT2D eigenvalue weighted by Gasteiger charge is -2.24. The molecule has 5 nitrogen and oxygen atoms in total. The lowest BCUT2D eigenvalue weighted by molar-refractivity contribution is -0.142. The molecule has 1 atom stereocenters. The molecule has 104 valence electrons. The first-order chi connectivity index (χ1) is 8.80. The fourth-order valence-corrected chi connectivity index (χ4v) is 1.56. The number of benzene rings is 1. The zero-order chi connectivity index (χ0) is 14.5. The Kier molecular flexibility index (Phi) is 4.92. The van der Waals surface area contributed by atoms with E-state index in [0.29, 0.717) is 0 Å². The Balaban J connectivity index is 2.52. The van der Waals surface area contributed by atoms with Crippen LogP contribution >= 0.6 is 0 Å². The number of carbonyl (C=O) groups excluding carboxylic acids is 2. The van der Waals surface area contributed by atoms with Gasteiger partial charge < -0.3 is 15.2 Å². The summed E-state index contributed by atoms with van der Waals surface area (Å²) in [6, 6.07) is 8.37. The molecule has 0 fully saturated rings. The van der Waals surface area contributed by atoms with Gasteiger partial charge in [-0.05, 0) is 11.0 Å². The maximum absolute atomic E-state index is 11.6. The third kappa shape index (κ3) is 4.99. The zero-order valence-electron chi connectivity index (χ0n) is 11.4. The molecule has 1 amide bonds. The lowest BCUT2D eigenvalue weighted by atomic mass is 9.87. The summed E-state index contributed by atoms with van der Waals surface area (Å²) < 4.78 is 5.02. The van der Waals surface area contributed by atoms with Gasteiger partial charge in [0.1, 0.15) is 6.61 Å². The Labute approximate surface area is 112 Å². The number of carbonyl (C=O) groups is 2. The summed E-state index contributed by atoms with van der Waals surface area (Å²) in [7, 11) is 0. The van der Waals surface area contributed by atoms with Gasteiger partial charge in [0, 0.05) is 4.79 Å². The van der Waals surface area contributed by atoms with Crippen molar-refractivity contribution in [3.63, 3.8) is 0 Å². The fourth-order valence-electron chi connectivity index (χ4n) is 1.56. The van der Waals surface area contributed by atoms with E-state index in [9.17, 15) is 9.59 Å². The summed E-state index contributed by atoms with van der Waals surface area (Å²) in [5, 5.41) is 9.60. The van der Waals surface area contributed by atoms with E-state index in [0.717, 1.165) is 5.56 Å². The number of ether oxygens (including phenoxy) is 1. The van der Waals surface area contributed by atoms with Crippen molar-refractivity contribution in [1.29, 1.82) is 0 Å². The van der Waals surface area contributed by atoms with Gasteiger partial charge >= 0.3 is 12.1 Å². The van der Waals surface area contributed by atoms with Crippen LogP contribution in [0.25, 0.3) is 0 Å². The van der Waals surface area contributed by atoms with Crippen LogP contribution in [0.5, 0.6) is 0 Å². The molecule has 0 aliphatic carbocycles. The molecule has 1 aromatic rings. The van der Waals surface area contributed by atoms with Gasteiger partial charge in [-0.1, -0.05) is 51.1 Å². The standard InChI is InChI=1S/C14H19NO4/c1-14(2,3)11(12(16)17)15-13(18)19-9-10-7-5-4-6-8-10/h4-8,11H,9H2,1-3H3,(H,15,18)(H,16,17)/p+1/t11-/m1/s1. The number of hydrogen-bond acceptors (Lipinski definition) is 3. The Bertz CT molecular complexity index is 437. The van der Waals surface area contributed by atoms with E-state index in [1.807, 2.05) is 30.3 Å². The molecule has 0 aliphatic heterocycles. The van der Waals surface area contributed by atoms with Crippen molar-refractivity contribution < 1.29 is 19.4 Å². The van der Waals surface area contributed by atoms with Gasteiger partial charge in [0.05, 0.1) is 0 Å². The molecule has 0 saturated heterocycles. The van der Waals surface area contributed by atoms with E-state index in [1.165, 1.54) is 0 Å². The molecule has 1 aromatic carbocycles. The van der Waals surface area contributed by atoms with Crippen molar-refractivity contribution in [2.45, 2.75) is 33.4 Å². The van der Waals surface area contributed by atoms with E-state index < -0.39 is 23.5 Å². The second-order valence-corrected chi connectivity index (χ2v) is 5.37. The summed E-state index contributed by atoms with van der Waals surface area (Å²) in [5.74, 6) is -0.829. The number of hydrogen-bond donors (Lipinski definition) is 1. The van der Waals surface area contributed by atoms with Gasteiger partial charge in [-0.3, -0.25) is 0 Å². The summed E-state index contributed by atoms with van der Waals surface area (Å²) in [4.78, 5) is 22.8. The quantitative estimate of drug-likeness (QED) is 0.840. The number of alkyl carbamates (subject to hydrolysis) is 1. The van der Waals surface area contributed by atoms with E-state index >= 15 is 0 Å². The molecule has 0 heterocycles. The minimum absolute atomic E-state index is 0.135. The van der Waals surface area contributed by atoms with Crippen molar-refractivity contribution in [3.8, 4) is 0 Å². The topological polar surface area (TPSA) is 78.3 Å². The molecule has 0 bridgehead atoms. The first-order valence-electron chi connectivity index (χ1n) is 6.03. The minimum Gasteiger partial charge on any atom is -0.563 e. The van der Waals surface area contributed by atoms with Crippen LogP contribution in [0.1, 0.15) is 26.3 Å². The second-order valence-electron chi connectivity index (χ2n) is 5.37. The monoisotopic (exact) mass is 266 g/mol. The smallest absolute Gasteiger partial charge is 0.539 e. The molecule has 0 unspecified atom stereocenters. The van der Waals surface area contributed by atoms with Crippen LogP contribution in [0.3, 0.4) is 0 Å². The molecule has 3 N–H and O–H groups in total. The van der Waals surface area contributed by atoms with Gasteiger partial charge in [-0.15, -0.1) is 0 Å². The highest BCUT2D eigenvalue weighted by atomic mass is 16.5. The van der Waals surface area contributed by atoms with Crippen LogP contribution in [0.15, 0.2) is 30.3 Å². The molecule has 0 aliphatic rings. The molecular weight excluding hydrogens is 246 g/mol. The molecular formula is C14H20NO4+. The van der Waals surface area contributed by atoms with E-state index in [4.69, 9.17) is 9.84 Å². The summed E-state index contributed by atoms with van der Waals surface area (Å²) in [6.07, 6.45) is -0.690. The van der Waals surface area contributed by atoms with E-state index in [2.05, 4.69) is 5.32 Å². The maximum Gasteiger partial charge on any atom is 0.539 e. The van der Waals surface area contributed by atoms with Crippen LogP contribution in [0.2, 0.25) is 0 Å². The largest absolute Gasteiger partial charge is 0.563 e. The van der Waals surface area contributed by atoms with Crippen molar-refractivity contribution in [2.75, 3.05) is 0 Å². The average molecular weight is 266 g/mol. The second kappa shape index (κ2) is 6.22. The Morgan fingerprint density at radius 3 is 2.32 bits per heavy atom. The molecule has 0 spiro atoms. The van der Waals surface area contributed by atoms with Gasteiger partial charge in [0.25, 0.3) is 0 Å². The zero-order valence-corrected chi connectivity index (χ0v) is 11.4. The van der Waals surface area contributed by atoms with Crippen LogP contribution in [-0.4, -0.2) is 23.2 Å². The van der Waals surface area contributed by atoms with Crippen LogP contribution in [0.4, 0.5) is 4.79 Å². The van der Waals surface area contributed by atoms with Gasteiger partial charge in [-0.25, -0.2) is 4.79 Å². The van der Waals surface area contributed by atoms with Crippen LogP contribution < -0.4 is 5.32 Å². The van der Waals surface area contributed by atoms with Gasteiger partial charge in [-0.2, -0.15) is 0 Å². The number of amides is 1. The van der Waals surface area contributed by atoms with Crippen molar-refractivity contribution >= 4 is 12.1 Å². The van der Waals surface area contributed by atoms with E-state index in [1.54, 1.807) is 20.8 Å². The molecule has 0 saturated carbocycles. The first-order valence-corrected chi connectivity index (χ1v) is 6.03. The Morgan fingerprint density at radius 1 is 1.26 bits per heavy atom. The van der Waals surface area contributed by atoms with Crippen LogP contribution in [0, 0.1) is 5.41 Å². The van der Waals surface area contributed by atoms with Crippen molar-refractivity contribution in [1.82, 2.24) is 5.32 Å². The highest BCUT2D eigenvalue weighted by Gasteiger charge is 2.38. The molecule has 5 heteroatoms. The summed E-state index contributed by atoms with van der Waals surface area (Å²) >= 11 is 0. The van der Waals surface area contributed by atoms with Gasteiger partial charge in [0.15, 0.2) is 6.04 Å². The van der Waals surface area contributed by atoms with Crippen molar-refractivity contribution in [2.24, 2.45) is 5.41 Å². The third-order valence-electron chi connectivity index (χ3n) is 2.60.